The fourth-order valence-corrected chi connectivity index (χ4v) is 2.83. The van der Waals surface area contributed by atoms with Crippen molar-refractivity contribution in [2.24, 2.45) is 5.41 Å². The van der Waals surface area contributed by atoms with Crippen LogP contribution in [0.15, 0.2) is 23.4 Å². The maximum absolute atomic E-state index is 12.4. The van der Waals surface area contributed by atoms with E-state index in [4.69, 9.17) is 0 Å². The lowest BCUT2D eigenvalue weighted by Gasteiger charge is -2.23. The molecule has 0 unspecified atom stereocenters. The Balaban J connectivity index is 2.92. The third-order valence-corrected chi connectivity index (χ3v) is 4.65. The number of hydrogen-bond donors (Lipinski definition) is 2. The molecule has 0 spiro atoms. The summed E-state index contributed by atoms with van der Waals surface area (Å²) in [4.78, 5) is 4.02. The average molecular weight is 299 g/mol. The van der Waals surface area contributed by atoms with E-state index < -0.39 is 10.0 Å². The first kappa shape index (κ1) is 16.9. The van der Waals surface area contributed by atoms with Crippen LogP contribution in [0.25, 0.3) is 0 Å². The molecule has 2 N–H and O–H groups in total. The number of hydrogen-bond acceptors (Lipinski definition) is 4. The fraction of sp³-hybridized carbons (Fsp3) is 0.643. The summed E-state index contributed by atoms with van der Waals surface area (Å²) in [5, 5.41) is 3.17. The zero-order valence-corrected chi connectivity index (χ0v) is 13.5. The summed E-state index contributed by atoms with van der Waals surface area (Å²) in [5.41, 5.74) is 0.481. The second-order valence-corrected chi connectivity index (χ2v) is 7.31. The Morgan fingerprint density at radius 2 is 2.00 bits per heavy atom. The summed E-state index contributed by atoms with van der Waals surface area (Å²) < 4.78 is 27.4. The van der Waals surface area contributed by atoms with Gasteiger partial charge in [-0.2, -0.15) is 0 Å². The Bertz CT molecular complexity index is 527. The summed E-state index contributed by atoms with van der Waals surface area (Å²) in [5.74, 6) is 0. The molecule has 0 saturated carbocycles. The minimum atomic E-state index is -3.59. The van der Waals surface area contributed by atoms with E-state index in [1.165, 1.54) is 6.20 Å². The van der Waals surface area contributed by atoms with Crippen molar-refractivity contribution in [1.82, 2.24) is 9.71 Å². The van der Waals surface area contributed by atoms with Crippen molar-refractivity contribution in [3.63, 3.8) is 0 Å². The summed E-state index contributed by atoms with van der Waals surface area (Å²) in [6, 6.07) is 3.47. The number of nitrogens with zero attached hydrogens (tertiary/aromatic N) is 1. The predicted molar refractivity (Wildman–Crippen MR) is 82.3 cm³/mol. The van der Waals surface area contributed by atoms with E-state index in [2.05, 4.69) is 15.0 Å². The lowest BCUT2D eigenvalue weighted by atomic mass is 9.91. The first-order chi connectivity index (χ1) is 9.32. The van der Waals surface area contributed by atoms with Crippen LogP contribution in [0.3, 0.4) is 0 Å². The van der Waals surface area contributed by atoms with Gasteiger partial charge >= 0.3 is 0 Å². The highest BCUT2D eigenvalue weighted by Crippen LogP contribution is 2.21. The first-order valence-corrected chi connectivity index (χ1v) is 8.49. The van der Waals surface area contributed by atoms with Crippen molar-refractivity contribution in [3.05, 3.63) is 18.3 Å². The molecule has 1 aromatic heterocycles. The lowest BCUT2D eigenvalue weighted by Crippen LogP contribution is -2.34. The normalized spacial score (nSPS) is 12.4. The molecule has 0 fully saturated rings. The van der Waals surface area contributed by atoms with Gasteiger partial charge < -0.3 is 5.32 Å². The van der Waals surface area contributed by atoms with Gasteiger partial charge in [0.25, 0.3) is 10.0 Å². The molecule has 0 aliphatic heterocycles. The Morgan fingerprint density at radius 1 is 1.30 bits per heavy atom. The van der Waals surface area contributed by atoms with Crippen LogP contribution in [0, 0.1) is 5.41 Å². The van der Waals surface area contributed by atoms with Crippen molar-refractivity contribution in [2.45, 2.75) is 45.6 Å². The van der Waals surface area contributed by atoms with E-state index >= 15 is 0 Å². The van der Waals surface area contributed by atoms with Gasteiger partial charge in [-0.15, -0.1) is 0 Å². The minimum absolute atomic E-state index is 0.0698. The highest BCUT2D eigenvalue weighted by atomic mass is 32.2. The molecule has 114 valence electrons. The molecule has 1 rings (SSSR count). The van der Waals surface area contributed by atoms with Gasteiger partial charge in [0.1, 0.15) is 0 Å². The topological polar surface area (TPSA) is 71.1 Å². The monoisotopic (exact) mass is 299 g/mol. The van der Waals surface area contributed by atoms with Gasteiger partial charge in [0.05, 0.1) is 5.69 Å². The molecule has 1 aromatic rings. The number of nitrogens with one attached hydrogen (secondary N) is 2. The maximum atomic E-state index is 12.4. The Kier molecular flexibility index (Phi) is 5.95. The van der Waals surface area contributed by atoms with E-state index in [9.17, 15) is 8.42 Å². The lowest BCUT2D eigenvalue weighted by molar-refractivity contribution is 0.350. The average Bonchev–Trinajstić information content (AvgIpc) is 2.43. The maximum Gasteiger partial charge on any atom is 0.260 e. The van der Waals surface area contributed by atoms with E-state index in [0.29, 0.717) is 18.8 Å². The van der Waals surface area contributed by atoms with E-state index in [0.717, 1.165) is 12.8 Å². The fourth-order valence-electron chi connectivity index (χ4n) is 1.48. The van der Waals surface area contributed by atoms with E-state index in [1.807, 2.05) is 27.7 Å². The van der Waals surface area contributed by atoms with Crippen molar-refractivity contribution in [3.8, 4) is 0 Å². The standard InChI is InChI=1S/C14H25N3O2S/c1-5-9-15-12-8-7-10-16-13(12)20(18,19)17-11-14(3,4)6-2/h7-8,10,15,17H,5-6,9,11H2,1-4H3. The van der Waals surface area contributed by atoms with Gasteiger partial charge in [0.2, 0.25) is 0 Å². The quantitative estimate of drug-likeness (QED) is 0.774. The van der Waals surface area contributed by atoms with Crippen LogP contribution in [-0.4, -0.2) is 26.5 Å². The highest BCUT2D eigenvalue weighted by Gasteiger charge is 2.23. The number of rotatable bonds is 8. The minimum Gasteiger partial charge on any atom is -0.383 e. The number of sulfonamides is 1. The Labute approximate surface area is 122 Å². The van der Waals surface area contributed by atoms with Gasteiger partial charge in [0.15, 0.2) is 5.03 Å². The molecule has 0 atom stereocenters. The van der Waals surface area contributed by atoms with Crippen LogP contribution in [-0.2, 0) is 10.0 Å². The Morgan fingerprint density at radius 3 is 2.60 bits per heavy atom. The van der Waals surface area contributed by atoms with Crippen molar-refractivity contribution < 1.29 is 8.42 Å². The zero-order chi connectivity index (χ0) is 15.2. The summed E-state index contributed by atoms with van der Waals surface area (Å²) in [7, 11) is -3.59. The van der Waals surface area contributed by atoms with E-state index in [1.54, 1.807) is 12.1 Å². The second kappa shape index (κ2) is 7.04. The number of pyridine rings is 1. The molecule has 0 aromatic carbocycles. The third-order valence-electron chi connectivity index (χ3n) is 3.29. The molecule has 6 heteroatoms. The number of anilines is 1. The van der Waals surface area contributed by atoms with Crippen molar-refractivity contribution >= 4 is 15.7 Å². The van der Waals surface area contributed by atoms with Gasteiger partial charge in [-0.05, 0) is 30.4 Å². The second-order valence-electron chi connectivity index (χ2n) is 5.63. The summed E-state index contributed by atoms with van der Waals surface area (Å²) >= 11 is 0. The molecule has 20 heavy (non-hydrogen) atoms. The molecule has 0 amide bonds. The third kappa shape index (κ3) is 4.76. The Hall–Kier alpha value is -1.14. The molecule has 1 heterocycles. The molecular weight excluding hydrogens is 274 g/mol. The summed E-state index contributed by atoms with van der Waals surface area (Å²) in [6.45, 7) is 9.25. The molecule has 0 aliphatic rings. The smallest absolute Gasteiger partial charge is 0.260 e. The molecule has 0 saturated heterocycles. The molecule has 0 bridgehead atoms. The molecule has 0 radical (unpaired) electrons. The van der Waals surface area contributed by atoms with E-state index in [-0.39, 0.29) is 10.4 Å². The zero-order valence-electron chi connectivity index (χ0n) is 12.7. The van der Waals surface area contributed by atoms with Crippen molar-refractivity contribution in [1.29, 1.82) is 0 Å². The van der Waals surface area contributed by atoms with Crippen molar-refractivity contribution in [2.75, 3.05) is 18.4 Å². The first-order valence-electron chi connectivity index (χ1n) is 7.01. The van der Waals surface area contributed by atoms with Gasteiger partial charge in [-0.25, -0.2) is 18.1 Å². The van der Waals surface area contributed by atoms with Crippen LogP contribution in [0.2, 0.25) is 0 Å². The predicted octanol–water partition coefficient (Wildman–Crippen LogP) is 2.62. The molecular formula is C14H25N3O2S. The highest BCUT2D eigenvalue weighted by molar-refractivity contribution is 7.89. The summed E-state index contributed by atoms with van der Waals surface area (Å²) in [6.07, 6.45) is 3.32. The van der Waals surface area contributed by atoms with Gasteiger partial charge in [0, 0.05) is 19.3 Å². The van der Waals surface area contributed by atoms with Crippen LogP contribution < -0.4 is 10.0 Å². The van der Waals surface area contributed by atoms with Gasteiger partial charge in [-0.3, -0.25) is 0 Å². The van der Waals surface area contributed by atoms with Gasteiger partial charge in [-0.1, -0.05) is 27.7 Å². The van der Waals surface area contributed by atoms with Crippen LogP contribution in [0.4, 0.5) is 5.69 Å². The number of aromatic nitrogens is 1. The van der Waals surface area contributed by atoms with Crippen LogP contribution in [0.1, 0.15) is 40.5 Å². The van der Waals surface area contributed by atoms with Crippen LogP contribution >= 0.6 is 0 Å². The SMILES string of the molecule is CCCNc1cccnc1S(=O)(=O)NCC(C)(C)CC. The molecule has 0 aliphatic carbocycles. The molecule has 5 nitrogen and oxygen atoms in total. The van der Waals surface area contributed by atoms with Crippen LogP contribution in [0.5, 0.6) is 0 Å². The largest absolute Gasteiger partial charge is 0.383 e.